The third-order valence-corrected chi connectivity index (χ3v) is 0.846. The van der Waals surface area contributed by atoms with Crippen LogP contribution in [0.5, 0.6) is 0 Å². The van der Waals surface area contributed by atoms with Gasteiger partial charge in [-0.15, -0.1) is 0 Å². The quantitative estimate of drug-likeness (QED) is 0.331. The molecule has 0 rings (SSSR count). The van der Waals surface area contributed by atoms with Crippen LogP contribution >= 0.6 is 0 Å². The van der Waals surface area contributed by atoms with Crippen LogP contribution in [-0.4, -0.2) is 13.2 Å². The number of hydrogen-bond donors (Lipinski definition) is 0. The second-order valence-electron chi connectivity index (χ2n) is 1.55. The van der Waals surface area contributed by atoms with Crippen LogP contribution in [0.2, 0.25) is 0 Å². The summed E-state index contributed by atoms with van der Waals surface area (Å²) in [6, 6.07) is 0. The van der Waals surface area contributed by atoms with Crippen molar-refractivity contribution in [3.63, 3.8) is 0 Å². The maximum absolute atomic E-state index is 5.07. The van der Waals surface area contributed by atoms with Crippen molar-refractivity contribution in [1.29, 1.82) is 0 Å². The molecule has 0 fully saturated rings. The molecule has 0 aromatic rings. The Bertz CT molecular complexity index is 32.2. The van der Waals surface area contributed by atoms with Gasteiger partial charge in [0, 0.05) is 13.2 Å². The molecule has 0 aliphatic heterocycles. The molecule has 2 heteroatoms. The molecule has 0 amide bonds. The van der Waals surface area contributed by atoms with Gasteiger partial charge in [-0.3, -0.25) is 0 Å². The van der Waals surface area contributed by atoms with E-state index < -0.39 is 0 Å². The first-order chi connectivity index (χ1) is 3.41. The average Bonchev–Trinajstić information content (AvgIpc) is 1.69. The fourth-order valence-electron chi connectivity index (χ4n) is 0.391. The zero-order valence-electron chi connectivity index (χ0n) is 7.24. The second kappa shape index (κ2) is 10.5. The number of rotatable bonds is 4. The molecule has 1 nitrogen and oxygen atoms in total. The smallest absolute Gasteiger partial charge is 1.00 e. The van der Waals surface area contributed by atoms with Crippen molar-refractivity contribution >= 4 is 0 Å². The molecule has 0 aromatic carbocycles. The van der Waals surface area contributed by atoms with E-state index in [2.05, 4.69) is 6.92 Å². The Balaban J connectivity index is -0.000000180. The molecule has 0 saturated carbocycles. The number of unbranched alkanes of at least 4 members (excludes halogenated alkanes) is 1. The van der Waals surface area contributed by atoms with E-state index in [1.54, 1.807) is 0 Å². The second-order valence-corrected chi connectivity index (χ2v) is 1.55. The van der Waals surface area contributed by atoms with E-state index in [0.29, 0.717) is 0 Å². The maximum Gasteiger partial charge on any atom is 1.00 e. The minimum atomic E-state index is 0. The van der Waals surface area contributed by atoms with E-state index in [-0.39, 0.29) is 20.3 Å². The summed E-state index contributed by atoms with van der Waals surface area (Å²) >= 11 is 0. The first-order valence-corrected chi connectivity index (χ1v) is 2.99. The largest absolute Gasteiger partial charge is 1.00 e. The summed E-state index contributed by atoms with van der Waals surface area (Å²) in [7, 11) is 0. The number of ether oxygens (including phenoxy) is 1. The van der Waals surface area contributed by atoms with Crippen molar-refractivity contribution in [1.82, 2.24) is 0 Å². The summed E-state index contributed by atoms with van der Waals surface area (Å²) in [6.07, 6.45) is 2.44. The number of hydrogen-bond acceptors (Lipinski definition) is 1. The standard InChI is InChI=1S/C6H14O.Li.H/c1-3-5-6-7-4-2;;/h3-6H2,1-2H3;;/q;+1;-1. The Labute approximate surface area is 65.5 Å². The molecule has 0 radical (unpaired) electrons. The average molecular weight is 110 g/mol. The molecule has 0 unspecified atom stereocenters. The van der Waals surface area contributed by atoms with Gasteiger partial charge in [0.05, 0.1) is 0 Å². The van der Waals surface area contributed by atoms with E-state index in [4.69, 9.17) is 4.74 Å². The summed E-state index contributed by atoms with van der Waals surface area (Å²) in [4.78, 5) is 0. The van der Waals surface area contributed by atoms with Gasteiger partial charge in [0.2, 0.25) is 0 Å². The Morgan fingerprint density at radius 2 is 2.00 bits per heavy atom. The van der Waals surface area contributed by atoms with Gasteiger partial charge in [-0.2, -0.15) is 0 Å². The third-order valence-electron chi connectivity index (χ3n) is 0.846. The van der Waals surface area contributed by atoms with Gasteiger partial charge < -0.3 is 6.16 Å². The molecule has 8 heavy (non-hydrogen) atoms. The van der Waals surface area contributed by atoms with Gasteiger partial charge in [-0.1, -0.05) is 13.3 Å². The van der Waals surface area contributed by atoms with Crippen LogP contribution in [0.1, 0.15) is 28.1 Å². The maximum atomic E-state index is 5.07. The molecule has 0 aliphatic rings. The molecule has 0 aromatic heterocycles. The van der Waals surface area contributed by atoms with Crippen LogP contribution in [0.15, 0.2) is 0 Å². The molecule has 0 bridgehead atoms. The predicted molar refractivity (Wildman–Crippen MR) is 32.5 cm³/mol. The van der Waals surface area contributed by atoms with Crippen LogP contribution in [0, 0.1) is 0 Å². The van der Waals surface area contributed by atoms with Crippen LogP contribution in [0.4, 0.5) is 0 Å². The molecule has 0 saturated heterocycles. The van der Waals surface area contributed by atoms with E-state index in [1.165, 1.54) is 12.8 Å². The molecular formula is C6H15LiO. The van der Waals surface area contributed by atoms with Crippen LogP contribution in [0.3, 0.4) is 0 Å². The summed E-state index contributed by atoms with van der Waals surface area (Å²) in [5.41, 5.74) is 0. The van der Waals surface area contributed by atoms with E-state index in [1.807, 2.05) is 6.92 Å². The molecule has 0 heterocycles. The predicted octanol–water partition coefficient (Wildman–Crippen LogP) is -1.06. The molecule has 0 N–H and O–H groups in total. The molecular weight excluding hydrogens is 95.0 g/mol. The molecule has 0 atom stereocenters. The zero-order valence-corrected chi connectivity index (χ0v) is 6.24. The molecule has 0 spiro atoms. The van der Waals surface area contributed by atoms with E-state index >= 15 is 0 Å². The first-order valence-electron chi connectivity index (χ1n) is 2.99. The Morgan fingerprint density at radius 3 is 2.38 bits per heavy atom. The zero-order chi connectivity index (χ0) is 5.54. The van der Waals surface area contributed by atoms with Crippen molar-refractivity contribution in [2.45, 2.75) is 26.7 Å². The van der Waals surface area contributed by atoms with Crippen molar-refractivity contribution < 1.29 is 25.0 Å². The van der Waals surface area contributed by atoms with Gasteiger partial charge in [0.1, 0.15) is 0 Å². The van der Waals surface area contributed by atoms with Gasteiger partial charge in [-0.25, -0.2) is 0 Å². The van der Waals surface area contributed by atoms with Gasteiger partial charge in [0.25, 0.3) is 0 Å². The topological polar surface area (TPSA) is 9.23 Å². The summed E-state index contributed by atoms with van der Waals surface area (Å²) < 4.78 is 5.07. The van der Waals surface area contributed by atoms with Gasteiger partial charge in [-0.05, 0) is 13.3 Å². The van der Waals surface area contributed by atoms with Gasteiger partial charge >= 0.3 is 18.9 Å². The minimum Gasteiger partial charge on any atom is -1.00 e. The fraction of sp³-hybridized carbons (Fsp3) is 1.00. The van der Waals surface area contributed by atoms with Crippen LogP contribution in [-0.2, 0) is 4.74 Å². The Kier molecular flexibility index (Phi) is 14.9. The van der Waals surface area contributed by atoms with Crippen molar-refractivity contribution in [3.05, 3.63) is 0 Å². The Hall–Kier alpha value is 0.557. The third kappa shape index (κ3) is 9.75. The van der Waals surface area contributed by atoms with Crippen LogP contribution < -0.4 is 18.9 Å². The fourth-order valence-corrected chi connectivity index (χ4v) is 0.391. The van der Waals surface area contributed by atoms with Crippen molar-refractivity contribution in [2.75, 3.05) is 13.2 Å². The minimum absolute atomic E-state index is 0. The van der Waals surface area contributed by atoms with E-state index in [0.717, 1.165) is 13.2 Å². The summed E-state index contributed by atoms with van der Waals surface area (Å²) in [5, 5.41) is 0. The summed E-state index contributed by atoms with van der Waals surface area (Å²) in [5.74, 6) is 0. The van der Waals surface area contributed by atoms with Crippen molar-refractivity contribution in [2.24, 2.45) is 0 Å². The van der Waals surface area contributed by atoms with E-state index in [9.17, 15) is 0 Å². The monoisotopic (exact) mass is 110 g/mol. The van der Waals surface area contributed by atoms with Gasteiger partial charge in [0.15, 0.2) is 0 Å². The summed E-state index contributed by atoms with van der Waals surface area (Å²) in [6.45, 7) is 5.99. The Morgan fingerprint density at radius 1 is 1.38 bits per heavy atom. The molecule has 0 aliphatic carbocycles. The SMILES string of the molecule is CCCCOCC.[H-].[Li+]. The molecule has 46 valence electrons. The van der Waals surface area contributed by atoms with Crippen molar-refractivity contribution in [3.8, 4) is 0 Å². The normalized spacial score (nSPS) is 8.25. The first kappa shape index (κ1) is 11.4. The van der Waals surface area contributed by atoms with Crippen LogP contribution in [0.25, 0.3) is 0 Å².